The Bertz CT molecular complexity index is 362. The Morgan fingerprint density at radius 2 is 2.23 bits per heavy atom. The lowest BCUT2D eigenvalue weighted by atomic mass is 10.1. The van der Waals surface area contributed by atoms with Gasteiger partial charge < -0.3 is 10.0 Å². The van der Waals surface area contributed by atoms with Gasteiger partial charge in [-0.25, -0.2) is 4.39 Å². The molecule has 0 radical (unpaired) electrons. The van der Waals surface area contributed by atoms with E-state index in [-0.39, 0.29) is 11.7 Å². The topological polar surface area (TPSA) is 26.3 Å². The molecule has 0 aliphatic carbocycles. The predicted molar refractivity (Wildman–Crippen MR) is 44.8 cm³/mol. The molecule has 0 spiro atoms. The largest absolute Gasteiger partial charge is 0.861 e. The summed E-state index contributed by atoms with van der Waals surface area (Å²) in [4.78, 5) is 1.52. The van der Waals surface area contributed by atoms with E-state index in [0.29, 0.717) is 18.7 Å². The Hall–Kier alpha value is -1.51. The standard InChI is InChI=1S/C10H10FNO/c1-7(13)12-5-8-3-2-4-10(11)9(8)6-12/h2-4,13H,1,5-6H2/p-1. The fourth-order valence-electron chi connectivity index (χ4n) is 1.56. The number of hydrogen-bond donors (Lipinski definition) is 0. The van der Waals surface area contributed by atoms with E-state index in [4.69, 9.17) is 0 Å². The molecule has 2 rings (SSSR count). The molecule has 0 fully saturated rings. The highest BCUT2D eigenvalue weighted by molar-refractivity contribution is 5.32. The first-order chi connectivity index (χ1) is 6.18. The molecule has 0 saturated carbocycles. The van der Waals surface area contributed by atoms with Gasteiger partial charge in [-0.05, 0) is 17.5 Å². The van der Waals surface area contributed by atoms with Crippen molar-refractivity contribution >= 4 is 0 Å². The first kappa shape index (κ1) is 8.10. The van der Waals surface area contributed by atoms with Gasteiger partial charge in [-0.15, -0.1) is 0 Å². The number of hydrogen-bond acceptors (Lipinski definition) is 2. The van der Waals surface area contributed by atoms with E-state index >= 15 is 0 Å². The van der Waals surface area contributed by atoms with Crippen LogP contribution in [0.4, 0.5) is 4.39 Å². The molecular weight excluding hydrogens is 169 g/mol. The quantitative estimate of drug-likeness (QED) is 0.599. The molecule has 1 aromatic carbocycles. The molecule has 1 aliphatic rings. The molecule has 1 aliphatic heterocycles. The van der Waals surface area contributed by atoms with Crippen LogP contribution in [0.2, 0.25) is 0 Å². The van der Waals surface area contributed by atoms with Crippen LogP contribution >= 0.6 is 0 Å². The zero-order valence-corrected chi connectivity index (χ0v) is 7.09. The van der Waals surface area contributed by atoms with Crippen molar-refractivity contribution in [3.05, 3.63) is 47.6 Å². The molecule has 1 aromatic rings. The summed E-state index contributed by atoms with van der Waals surface area (Å²) < 4.78 is 13.2. The van der Waals surface area contributed by atoms with Gasteiger partial charge in [0.1, 0.15) is 5.82 Å². The number of halogens is 1. The predicted octanol–water partition coefficient (Wildman–Crippen LogP) is 0.973. The molecular formula is C10H9FNO-. The maximum atomic E-state index is 13.2. The smallest absolute Gasteiger partial charge is 0.128 e. The summed E-state index contributed by atoms with van der Waals surface area (Å²) in [6.45, 7) is 4.13. The average molecular weight is 178 g/mol. The highest BCUT2D eigenvalue weighted by Gasteiger charge is 2.19. The minimum absolute atomic E-state index is 0.235. The molecule has 2 nitrogen and oxygen atoms in total. The van der Waals surface area contributed by atoms with E-state index < -0.39 is 0 Å². The van der Waals surface area contributed by atoms with E-state index in [2.05, 4.69) is 6.58 Å². The molecule has 13 heavy (non-hydrogen) atoms. The molecule has 0 aromatic heterocycles. The summed E-state index contributed by atoms with van der Waals surface area (Å²) >= 11 is 0. The second-order valence-corrected chi connectivity index (χ2v) is 3.13. The monoisotopic (exact) mass is 178 g/mol. The number of benzene rings is 1. The SMILES string of the molecule is C=C([O-])N1Cc2cccc(F)c2C1. The highest BCUT2D eigenvalue weighted by atomic mass is 19.1. The van der Waals surface area contributed by atoms with Gasteiger partial charge in [0.2, 0.25) is 0 Å². The van der Waals surface area contributed by atoms with Gasteiger partial charge in [-0.2, -0.15) is 0 Å². The van der Waals surface area contributed by atoms with E-state index in [9.17, 15) is 9.50 Å². The normalized spacial score (nSPS) is 14.4. The first-order valence-electron chi connectivity index (χ1n) is 4.05. The summed E-state index contributed by atoms with van der Waals surface area (Å²) in [6, 6.07) is 4.91. The Morgan fingerprint density at radius 1 is 1.46 bits per heavy atom. The van der Waals surface area contributed by atoms with Gasteiger partial charge in [-0.3, -0.25) is 0 Å². The fourth-order valence-corrected chi connectivity index (χ4v) is 1.56. The van der Waals surface area contributed by atoms with Crippen LogP contribution in [0, 0.1) is 5.82 Å². The van der Waals surface area contributed by atoms with Crippen LogP contribution < -0.4 is 5.11 Å². The maximum absolute atomic E-state index is 13.2. The van der Waals surface area contributed by atoms with E-state index in [1.807, 2.05) is 6.07 Å². The summed E-state index contributed by atoms with van der Waals surface area (Å²) in [5.41, 5.74) is 1.51. The van der Waals surface area contributed by atoms with Crippen molar-refractivity contribution in [3.8, 4) is 0 Å². The average Bonchev–Trinajstić information content (AvgIpc) is 2.49. The first-order valence-corrected chi connectivity index (χ1v) is 4.05. The Labute approximate surface area is 75.9 Å². The molecule has 0 bridgehead atoms. The molecule has 3 heteroatoms. The van der Waals surface area contributed by atoms with Crippen molar-refractivity contribution in [1.29, 1.82) is 0 Å². The molecule has 1 heterocycles. The summed E-state index contributed by atoms with van der Waals surface area (Å²) in [6.07, 6.45) is 0. The van der Waals surface area contributed by atoms with Gasteiger partial charge in [-0.1, -0.05) is 18.7 Å². The lowest BCUT2D eigenvalue weighted by Crippen LogP contribution is -2.23. The Morgan fingerprint density at radius 3 is 2.85 bits per heavy atom. The van der Waals surface area contributed by atoms with Gasteiger partial charge in [0, 0.05) is 18.7 Å². The van der Waals surface area contributed by atoms with Crippen molar-refractivity contribution in [3.63, 3.8) is 0 Å². The van der Waals surface area contributed by atoms with Crippen LogP contribution in [-0.2, 0) is 13.1 Å². The van der Waals surface area contributed by atoms with Crippen molar-refractivity contribution in [2.45, 2.75) is 13.1 Å². The second-order valence-electron chi connectivity index (χ2n) is 3.13. The van der Waals surface area contributed by atoms with Crippen molar-refractivity contribution in [2.75, 3.05) is 0 Å². The minimum atomic E-state index is -0.254. The molecule has 0 N–H and O–H groups in total. The number of rotatable bonds is 1. The third-order valence-corrected chi connectivity index (χ3v) is 2.28. The van der Waals surface area contributed by atoms with E-state index in [1.165, 1.54) is 11.0 Å². The minimum Gasteiger partial charge on any atom is -0.861 e. The zero-order chi connectivity index (χ0) is 9.42. The summed E-state index contributed by atoms with van der Waals surface area (Å²) in [5.74, 6) is -0.489. The number of fused-ring (bicyclic) bond motifs is 1. The van der Waals surface area contributed by atoms with Crippen LogP contribution in [0.25, 0.3) is 0 Å². The van der Waals surface area contributed by atoms with Crippen LogP contribution in [0.15, 0.2) is 30.7 Å². The zero-order valence-electron chi connectivity index (χ0n) is 7.09. The lowest BCUT2D eigenvalue weighted by Gasteiger charge is -2.24. The summed E-state index contributed by atoms with van der Waals surface area (Å²) in [5, 5.41) is 10.9. The van der Waals surface area contributed by atoms with E-state index in [0.717, 1.165) is 5.56 Å². The summed E-state index contributed by atoms with van der Waals surface area (Å²) in [7, 11) is 0. The van der Waals surface area contributed by atoms with Crippen LogP contribution in [0.3, 0.4) is 0 Å². The highest BCUT2D eigenvalue weighted by Crippen LogP contribution is 2.25. The third-order valence-electron chi connectivity index (χ3n) is 2.28. The Balaban J connectivity index is 2.35. The van der Waals surface area contributed by atoms with Crippen LogP contribution in [-0.4, -0.2) is 4.90 Å². The van der Waals surface area contributed by atoms with Crippen LogP contribution in [0.5, 0.6) is 0 Å². The van der Waals surface area contributed by atoms with Gasteiger partial charge in [0.05, 0.1) is 0 Å². The number of nitrogens with zero attached hydrogens (tertiary/aromatic N) is 1. The van der Waals surface area contributed by atoms with Crippen molar-refractivity contribution < 1.29 is 9.50 Å². The molecule has 0 amide bonds. The van der Waals surface area contributed by atoms with Gasteiger partial charge in [0.15, 0.2) is 0 Å². The lowest BCUT2D eigenvalue weighted by molar-refractivity contribution is -0.333. The molecule has 0 saturated heterocycles. The second kappa shape index (κ2) is 2.76. The van der Waals surface area contributed by atoms with Gasteiger partial charge in [0.25, 0.3) is 0 Å². The molecule has 68 valence electrons. The van der Waals surface area contributed by atoms with E-state index in [1.54, 1.807) is 6.07 Å². The molecule has 0 atom stereocenters. The fraction of sp³-hybridized carbons (Fsp3) is 0.200. The van der Waals surface area contributed by atoms with Gasteiger partial charge >= 0.3 is 0 Å². The van der Waals surface area contributed by atoms with Crippen LogP contribution in [0.1, 0.15) is 11.1 Å². The van der Waals surface area contributed by atoms with Crippen molar-refractivity contribution in [2.24, 2.45) is 0 Å². The molecule has 0 unspecified atom stereocenters. The maximum Gasteiger partial charge on any atom is 0.128 e. The third kappa shape index (κ3) is 1.26. The Kier molecular flexibility index (Phi) is 1.72. The van der Waals surface area contributed by atoms with Crippen molar-refractivity contribution in [1.82, 2.24) is 4.90 Å².